The first kappa shape index (κ1) is 13.2. The Labute approximate surface area is 125 Å². The van der Waals surface area contributed by atoms with Crippen molar-refractivity contribution < 1.29 is 0 Å². The molecule has 6 heteroatoms. The zero-order chi connectivity index (χ0) is 13.2. The van der Waals surface area contributed by atoms with Gasteiger partial charge in [0.1, 0.15) is 17.0 Å². The van der Waals surface area contributed by atoms with Crippen LogP contribution in [0.4, 0.5) is 5.82 Å². The van der Waals surface area contributed by atoms with Crippen LogP contribution in [0.3, 0.4) is 0 Å². The van der Waals surface area contributed by atoms with Crippen LogP contribution in [0.5, 0.6) is 0 Å². The van der Waals surface area contributed by atoms with Gasteiger partial charge in [0.25, 0.3) is 0 Å². The Morgan fingerprint density at radius 2 is 2.16 bits per heavy atom. The van der Waals surface area contributed by atoms with Gasteiger partial charge in [-0.05, 0) is 31.3 Å². The highest BCUT2D eigenvalue weighted by Crippen LogP contribution is 2.33. The highest BCUT2D eigenvalue weighted by Gasteiger charge is 2.25. The molecule has 0 atom stereocenters. The van der Waals surface area contributed by atoms with Crippen molar-refractivity contribution in [3.63, 3.8) is 0 Å². The Morgan fingerprint density at radius 1 is 1.37 bits per heavy atom. The molecule has 2 heterocycles. The summed E-state index contributed by atoms with van der Waals surface area (Å²) in [5.41, 5.74) is 1.05. The SMILES string of the molecule is Cc1nsc2ncnc(N(CCBr)C3CCCC3)c12. The van der Waals surface area contributed by atoms with Crippen molar-refractivity contribution >= 4 is 43.5 Å². The highest BCUT2D eigenvalue weighted by molar-refractivity contribution is 9.09. The number of nitrogens with zero attached hydrogens (tertiary/aromatic N) is 4. The quantitative estimate of drug-likeness (QED) is 0.798. The van der Waals surface area contributed by atoms with E-state index in [-0.39, 0.29) is 0 Å². The van der Waals surface area contributed by atoms with Crippen LogP contribution < -0.4 is 4.90 Å². The molecule has 0 spiro atoms. The number of hydrogen-bond donors (Lipinski definition) is 0. The van der Waals surface area contributed by atoms with Gasteiger partial charge in [-0.15, -0.1) is 0 Å². The standard InChI is InChI=1S/C13H17BrN4S/c1-9-11-12(15-8-16-13(11)19-17-9)18(7-6-14)10-4-2-3-5-10/h8,10H,2-7H2,1H3. The summed E-state index contributed by atoms with van der Waals surface area (Å²) in [5.74, 6) is 1.07. The lowest BCUT2D eigenvalue weighted by Crippen LogP contribution is -2.35. The van der Waals surface area contributed by atoms with Gasteiger partial charge in [0.2, 0.25) is 0 Å². The normalized spacial score (nSPS) is 16.3. The fourth-order valence-corrected chi connectivity index (χ4v) is 4.01. The number of halogens is 1. The summed E-state index contributed by atoms with van der Waals surface area (Å²) in [6, 6.07) is 0.620. The number of alkyl halides is 1. The second kappa shape index (κ2) is 5.71. The molecule has 0 bridgehead atoms. The first-order chi connectivity index (χ1) is 9.31. The molecular formula is C13H17BrN4S. The molecule has 1 aliphatic rings. The Balaban J connectivity index is 2.06. The molecule has 0 amide bonds. The molecule has 3 rings (SSSR count). The molecule has 0 radical (unpaired) electrons. The van der Waals surface area contributed by atoms with Crippen LogP contribution in [-0.4, -0.2) is 32.3 Å². The van der Waals surface area contributed by atoms with Gasteiger partial charge < -0.3 is 4.90 Å². The molecule has 102 valence electrons. The summed E-state index contributed by atoms with van der Waals surface area (Å²) < 4.78 is 4.43. The average molecular weight is 341 g/mol. The molecule has 0 saturated heterocycles. The Kier molecular flexibility index (Phi) is 3.98. The molecule has 2 aromatic heterocycles. The zero-order valence-corrected chi connectivity index (χ0v) is 13.4. The Morgan fingerprint density at radius 3 is 2.89 bits per heavy atom. The van der Waals surface area contributed by atoms with Crippen molar-refractivity contribution in [2.45, 2.75) is 38.6 Å². The summed E-state index contributed by atoms with van der Waals surface area (Å²) in [6.45, 7) is 3.04. The van der Waals surface area contributed by atoms with Gasteiger partial charge in [0.15, 0.2) is 0 Å². The van der Waals surface area contributed by atoms with Crippen LogP contribution in [-0.2, 0) is 0 Å². The molecule has 4 nitrogen and oxygen atoms in total. The van der Waals surface area contributed by atoms with E-state index in [1.165, 1.54) is 37.2 Å². The third-order valence-electron chi connectivity index (χ3n) is 3.79. The molecular weight excluding hydrogens is 324 g/mol. The molecule has 2 aromatic rings. The van der Waals surface area contributed by atoms with E-state index in [1.807, 2.05) is 6.92 Å². The molecule has 1 aliphatic carbocycles. The van der Waals surface area contributed by atoms with Gasteiger partial charge in [0, 0.05) is 17.9 Å². The summed E-state index contributed by atoms with van der Waals surface area (Å²) in [4.78, 5) is 12.4. The maximum absolute atomic E-state index is 4.56. The largest absolute Gasteiger partial charge is 0.352 e. The maximum Gasteiger partial charge on any atom is 0.149 e. The number of hydrogen-bond acceptors (Lipinski definition) is 5. The fourth-order valence-electron chi connectivity index (χ4n) is 2.89. The average Bonchev–Trinajstić information content (AvgIpc) is 3.06. The molecule has 1 saturated carbocycles. The summed E-state index contributed by atoms with van der Waals surface area (Å²) in [5, 5.41) is 2.10. The second-order valence-electron chi connectivity index (χ2n) is 4.97. The van der Waals surface area contributed by atoms with Crippen molar-refractivity contribution in [1.29, 1.82) is 0 Å². The minimum atomic E-state index is 0.620. The predicted molar refractivity (Wildman–Crippen MR) is 83.3 cm³/mol. The Hall–Kier alpha value is -0.750. The molecule has 0 aliphatic heterocycles. The minimum Gasteiger partial charge on any atom is -0.352 e. The van der Waals surface area contributed by atoms with Crippen LogP contribution in [0.2, 0.25) is 0 Å². The summed E-state index contributed by atoms with van der Waals surface area (Å²) in [7, 11) is 0. The van der Waals surface area contributed by atoms with Crippen molar-refractivity contribution in [2.24, 2.45) is 0 Å². The fraction of sp³-hybridized carbons (Fsp3) is 0.615. The van der Waals surface area contributed by atoms with E-state index in [2.05, 4.69) is 35.2 Å². The third kappa shape index (κ3) is 2.48. The van der Waals surface area contributed by atoms with Crippen LogP contribution in [0.1, 0.15) is 31.4 Å². The van der Waals surface area contributed by atoms with Crippen molar-refractivity contribution in [2.75, 3.05) is 16.8 Å². The highest BCUT2D eigenvalue weighted by atomic mass is 79.9. The molecule has 0 N–H and O–H groups in total. The lowest BCUT2D eigenvalue weighted by molar-refractivity contribution is 0.617. The molecule has 0 aromatic carbocycles. The second-order valence-corrected chi connectivity index (χ2v) is 6.51. The van der Waals surface area contributed by atoms with E-state index in [4.69, 9.17) is 0 Å². The Bertz CT molecular complexity index is 565. The maximum atomic E-state index is 4.56. The lowest BCUT2D eigenvalue weighted by Gasteiger charge is -2.29. The van der Waals surface area contributed by atoms with Crippen molar-refractivity contribution in [3.8, 4) is 0 Å². The molecule has 19 heavy (non-hydrogen) atoms. The van der Waals surface area contributed by atoms with Gasteiger partial charge in [-0.1, -0.05) is 28.8 Å². The van der Waals surface area contributed by atoms with Crippen LogP contribution >= 0.6 is 27.5 Å². The van der Waals surface area contributed by atoms with Crippen LogP contribution in [0.15, 0.2) is 6.33 Å². The van der Waals surface area contributed by atoms with E-state index < -0.39 is 0 Å². The van der Waals surface area contributed by atoms with E-state index in [1.54, 1.807) is 6.33 Å². The zero-order valence-electron chi connectivity index (χ0n) is 11.0. The van der Waals surface area contributed by atoms with Gasteiger partial charge in [-0.25, -0.2) is 9.97 Å². The van der Waals surface area contributed by atoms with Crippen molar-refractivity contribution in [1.82, 2.24) is 14.3 Å². The first-order valence-corrected chi connectivity index (χ1v) is 8.60. The van der Waals surface area contributed by atoms with E-state index in [0.717, 1.165) is 33.6 Å². The first-order valence-electron chi connectivity index (χ1n) is 6.71. The number of rotatable bonds is 4. The number of aromatic nitrogens is 3. The lowest BCUT2D eigenvalue weighted by atomic mass is 10.2. The number of anilines is 1. The number of aryl methyl sites for hydroxylation is 1. The topological polar surface area (TPSA) is 41.9 Å². The van der Waals surface area contributed by atoms with Gasteiger partial charge in [0.05, 0.1) is 11.1 Å². The summed E-state index contributed by atoms with van der Waals surface area (Å²) >= 11 is 5.04. The van der Waals surface area contributed by atoms with Gasteiger partial charge >= 0.3 is 0 Å². The van der Waals surface area contributed by atoms with Crippen molar-refractivity contribution in [3.05, 3.63) is 12.0 Å². The van der Waals surface area contributed by atoms with E-state index in [9.17, 15) is 0 Å². The smallest absolute Gasteiger partial charge is 0.149 e. The van der Waals surface area contributed by atoms with Gasteiger partial charge in [-0.3, -0.25) is 0 Å². The third-order valence-corrected chi connectivity index (χ3v) is 4.99. The molecule has 0 unspecified atom stereocenters. The van der Waals surface area contributed by atoms with E-state index >= 15 is 0 Å². The summed E-state index contributed by atoms with van der Waals surface area (Å²) in [6.07, 6.45) is 6.88. The monoisotopic (exact) mass is 340 g/mol. The van der Waals surface area contributed by atoms with E-state index in [0.29, 0.717) is 6.04 Å². The van der Waals surface area contributed by atoms with Crippen LogP contribution in [0, 0.1) is 6.92 Å². The van der Waals surface area contributed by atoms with Gasteiger partial charge in [-0.2, -0.15) is 4.37 Å². The van der Waals surface area contributed by atoms with Crippen LogP contribution in [0.25, 0.3) is 10.2 Å². The molecule has 1 fully saturated rings. The minimum absolute atomic E-state index is 0.620. The predicted octanol–water partition coefficient (Wildman–Crippen LogP) is 3.54. The number of fused-ring (bicyclic) bond motifs is 1.